The van der Waals surface area contributed by atoms with E-state index in [2.05, 4.69) is 0 Å². The van der Waals surface area contributed by atoms with Crippen LogP contribution in [0.15, 0.2) is 18.2 Å². The molecule has 0 unspecified atom stereocenters. The molecule has 0 spiro atoms. The lowest BCUT2D eigenvalue weighted by Gasteiger charge is -2.04. The summed E-state index contributed by atoms with van der Waals surface area (Å²) in [6.45, 7) is 4.45. The monoisotopic (exact) mass is 286 g/mol. The van der Waals surface area contributed by atoms with Crippen LogP contribution in [0.4, 0.5) is 0 Å². The SMILES string of the molecule is CC(=O)O.CC(=O)O.CCOc1cc(C=O)ccc1O. The molecular formula is C13H18O7. The zero-order chi connectivity index (χ0) is 16.1. The van der Waals surface area contributed by atoms with Crippen LogP contribution < -0.4 is 4.74 Å². The molecule has 0 bridgehead atoms. The summed E-state index contributed by atoms with van der Waals surface area (Å²) in [6.07, 6.45) is 0.710. The average Bonchev–Trinajstić information content (AvgIpc) is 2.31. The van der Waals surface area contributed by atoms with Gasteiger partial charge in [-0.3, -0.25) is 14.4 Å². The number of aliphatic carboxylic acids is 2. The Labute approximate surface area is 116 Å². The maximum Gasteiger partial charge on any atom is 0.300 e. The summed E-state index contributed by atoms with van der Waals surface area (Å²) in [6, 6.07) is 4.48. The maximum atomic E-state index is 10.3. The number of hydrogen-bond acceptors (Lipinski definition) is 5. The van der Waals surface area contributed by atoms with Crippen molar-refractivity contribution in [2.24, 2.45) is 0 Å². The normalized spacial score (nSPS) is 8.15. The summed E-state index contributed by atoms with van der Waals surface area (Å²) in [5.41, 5.74) is 0.497. The smallest absolute Gasteiger partial charge is 0.300 e. The van der Waals surface area contributed by atoms with Crippen molar-refractivity contribution in [3.63, 3.8) is 0 Å². The van der Waals surface area contributed by atoms with E-state index in [0.29, 0.717) is 24.2 Å². The highest BCUT2D eigenvalue weighted by Crippen LogP contribution is 2.25. The molecule has 0 saturated carbocycles. The largest absolute Gasteiger partial charge is 0.504 e. The van der Waals surface area contributed by atoms with Crippen LogP contribution in [0, 0.1) is 0 Å². The zero-order valence-electron chi connectivity index (χ0n) is 11.5. The number of benzene rings is 1. The molecule has 1 aromatic carbocycles. The fourth-order valence-corrected chi connectivity index (χ4v) is 0.875. The minimum absolute atomic E-state index is 0.0578. The van der Waals surface area contributed by atoms with E-state index < -0.39 is 11.9 Å². The molecule has 0 fully saturated rings. The predicted octanol–water partition coefficient (Wildman–Crippen LogP) is 1.79. The molecule has 7 heteroatoms. The zero-order valence-corrected chi connectivity index (χ0v) is 11.5. The highest BCUT2D eigenvalue weighted by Gasteiger charge is 2.01. The van der Waals surface area contributed by atoms with Crippen LogP contribution in [0.2, 0.25) is 0 Å². The van der Waals surface area contributed by atoms with Gasteiger partial charge in [-0.2, -0.15) is 0 Å². The van der Waals surface area contributed by atoms with Gasteiger partial charge in [-0.15, -0.1) is 0 Å². The molecule has 112 valence electrons. The number of aromatic hydroxyl groups is 1. The fraction of sp³-hybridized carbons (Fsp3) is 0.308. The molecule has 0 radical (unpaired) electrons. The third-order valence-electron chi connectivity index (χ3n) is 1.42. The molecule has 3 N–H and O–H groups in total. The van der Waals surface area contributed by atoms with Gasteiger partial charge in [-0.05, 0) is 25.1 Å². The lowest BCUT2D eigenvalue weighted by molar-refractivity contribution is -0.135. The number of phenolic OH excluding ortho intramolecular Hbond substituents is 1. The van der Waals surface area contributed by atoms with Crippen molar-refractivity contribution in [1.82, 2.24) is 0 Å². The Morgan fingerprint density at radius 2 is 1.65 bits per heavy atom. The number of carboxylic acid groups (broad SMARTS) is 2. The number of carbonyl (C=O) groups is 3. The second-order valence-electron chi connectivity index (χ2n) is 3.32. The minimum Gasteiger partial charge on any atom is -0.504 e. The van der Waals surface area contributed by atoms with Crippen molar-refractivity contribution >= 4 is 18.2 Å². The summed E-state index contributed by atoms with van der Waals surface area (Å²) >= 11 is 0. The second-order valence-corrected chi connectivity index (χ2v) is 3.32. The molecule has 0 aliphatic heterocycles. The third-order valence-corrected chi connectivity index (χ3v) is 1.42. The van der Waals surface area contributed by atoms with Gasteiger partial charge in [-0.25, -0.2) is 0 Å². The Morgan fingerprint density at radius 3 is 2.00 bits per heavy atom. The number of ether oxygens (including phenoxy) is 1. The van der Waals surface area contributed by atoms with E-state index in [1.54, 1.807) is 0 Å². The molecule has 0 atom stereocenters. The van der Waals surface area contributed by atoms with Gasteiger partial charge in [0.1, 0.15) is 6.29 Å². The average molecular weight is 286 g/mol. The molecule has 7 nitrogen and oxygen atoms in total. The topological polar surface area (TPSA) is 121 Å². The number of rotatable bonds is 3. The van der Waals surface area contributed by atoms with Crippen LogP contribution in [0.5, 0.6) is 11.5 Å². The number of phenols is 1. The predicted molar refractivity (Wildman–Crippen MR) is 71.3 cm³/mol. The Morgan fingerprint density at radius 1 is 1.20 bits per heavy atom. The van der Waals surface area contributed by atoms with E-state index in [-0.39, 0.29) is 5.75 Å². The standard InChI is InChI=1S/C9H10O3.2C2H4O2/c1-2-12-9-5-7(6-10)3-4-8(9)11;2*1-2(3)4/h3-6,11H,2H2,1H3;2*1H3,(H,3,4). The first-order valence-electron chi connectivity index (χ1n) is 5.54. The van der Waals surface area contributed by atoms with E-state index >= 15 is 0 Å². The van der Waals surface area contributed by atoms with Crippen LogP contribution in [-0.4, -0.2) is 40.2 Å². The quantitative estimate of drug-likeness (QED) is 0.724. The number of carbonyl (C=O) groups excluding carboxylic acids is 1. The molecule has 0 aromatic heterocycles. The summed E-state index contributed by atoms with van der Waals surface area (Å²) in [7, 11) is 0. The molecule has 0 saturated heterocycles. The number of aldehydes is 1. The molecular weight excluding hydrogens is 268 g/mol. The van der Waals surface area contributed by atoms with Gasteiger partial charge in [0.15, 0.2) is 11.5 Å². The molecule has 0 aliphatic rings. The Hall–Kier alpha value is -2.57. The van der Waals surface area contributed by atoms with Crippen LogP contribution >= 0.6 is 0 Å². The van der Waals surface area contributed by atoms with Crippen molar-refractivity contribution in [2.45, 2.75) is 20.8 Å². The summed E-state index contributed by atoms with van der Waals surface area (Å²) < 4.78 is 5.07. The lowest BCUT2D eigenvalue weighted by atomic mass is 10.2. The van der Waals surface area contributed by atoms with Gasteiger partial charge in [-0.1, -0.05) is 0 Å². The Kier molecular flexibility index (Phi) is 11.4. The van der Waals surface area contributed by atoms with Crippen molar-refractivity contribution in [3.05, 3.63) is 23.8 Å². The van der Waals surface area contributed by atoms with Crippen molar-refractivity contribution < 1.29 is 34.4 Å². The summed E-state index contributed by atoms with van der Waals surface area (Å²) in [4.78, 5) is 28.3. The molecule has 1 aromatic rings. The van der Waals surface area contributed by atoms with Crippen molar-refractivity contribution in [1.29, 1.82) is 0 Å². The van der Waals surface area contributed by atoms with Crippen LogP contribution in [0.25, 0.3) is 0 Å². The lowest BCUT2D eigenvalue weighted by Crippen LogP contribution is -1.92. The van der Waals surface area contributed by atoms with Crippen molar-refractivity contribution in [3.8, 4) is 11.5 Å². The van der Waals surface area contributed by atoms with E-state index in [4.69, 9.17) is 24.5 Å². The highest BCUT2D eigenvalue weighted by molar-refractivity contribution is 5.76. The minimum atomic E-state index is -0.833. The van der Waals surface area contributed by atoms with Gasteiger partial charge in [0.25, 0.3) is 11.9 Å². The Balaban J connectivity index is 0. The van der Waals surface area contributed by atoms with Gasteiger partial charge >= 0.3 is 0 Å². The second kappa shape index (κ2) is 11.5. The van der Waals surface area contributed by atoms with E-state index in [1.807, 2.05) is 6.92 Å². The Bertz CT molecular complexity index is 420. The summed E-state index contributed by atoms with van der Waals surface area (Å²) in [5.74, 6) is -1.26. The summed E-state index contributed by atoms with van der Waals surface area (Å²) in [5, 5.41) is 24.1. The first-order chi connectivity index (χ1) is 9.24. The van der Waals surface area contributed by atoms with Gasteiger partial charge < -0.3 is 20.1 Å². The van der Waals surface area contributed by atoms with Gasteiger partial charge in [0, 0.05) is 19.4 Å². The third kappa shape index (κ3) is 13.5. The van der Waals surface area contributed by atoms with Gasteiger partial charge in [0.2, 0.25) is 0 Å². The van der Waals surface area contributed by atoms with E-state index in [1.165, 1.54) is 18.2 Å². The molecule has 0 heterocycles. The highest BCUT2D eigenvalue weighted by atomic mass is 16.5. The molecule has 20 heavy (non-hydrogen) atoms. The van der Waals surface area contributed by atoms with Crippen molar-refractivity contribution in [2.75, 3.05) is 6.61 Å². The first kappa shape index (κ1) is 19.8. The van der Waals surface area contributed by atoms with Crippen LogP contribution in [-0.2, 0) is 9.59 Å². The van der Waals surface area contributed by atoms with Gasteiger partial charge in [0.05, 0.1) is 6.61 Å². The van der Waals surface area contributed by atoms with Crippen LogP contribution in [0.3, 0.4) is 0 Å². The molecule has 1 rings (SSSR count). The number of carboxylic acids is 2. The van der Waals surface area contributed by atoms with E-state index in [0.717, 1.165) is 13.8 Å². The first-order valence-corrected chi connectivity index (χ1v) is 5.54. The number of hydrogen-bond donors (Lipinski definition) is 3. The molecule has 0 aliphatic carbocycles. The molecule has 0 amide bonds. The maximum absolute atomic E-state index is 10.3. The van der Waals surface area contributed by atoms with Crippen LogP contribution in [0.1, 0.15) is 31.1 Å². The fourth-order valence-electron chi connectivity index (χ4n) is 0.875. The van der Waals surface area contributed by atoms with E-state index in [9.17, 15) is 9.90 Å².